The van der Waals surface area contributed by atoms with Gasteiger partial charge in [-0.25, -0.2) is 9.55 Å². The molecule has 0 aliphatic heterocycles. The van der Waals surface area contributed by atoms with E-state index in [9.17, 15) is 72.5 Å². The Labute approximate surface area is 396 Å². The molecule has 382 valence electrons. The van der Waals surface area contributed by atoms with E-state index in [-0.39, 0.29) is 17.7 Å². The van der Waals surface area contributed by atoms with Gasteiger partial charge in [0.1, 0.15) is 48.0 Å². The third kappa shape index (κ3) is 20.4. The van der Waals surface area contributed by atoms with Crippen LogP contribution in [0.15, 0.2) is 36.8 Å². The van der Waals surface area contributed by atoms with E-state index in [4.69, 9.17) is 11.5 Å². The van der Waals surface area contributed by atoms with Crippen LogP contribution in [-0.4, -0.2) is 137 Å². The number of phosphoric ester groups is 1. The smallest absolute Gasteiger partial charge is 0.481 e. The molecule has 27 nitrogen and oxygen atoms in total. The van der Waals surface area contributed by atoms with Crippen LogP contribution in [0, 0.1) is 11.8 Å². The molecule has 69 heavy (non-hydrogen) atoms. The Hall–Kier alpha value is -6.96. The first-order valence-electron chi connectivity index (χ1n) is 21.5. The summed E-state index contributed by atoms with van der Waals surface area (Å²) in [5.41, 5.74) is 12.1. The topological polar surface area (TPSA) is 443 Å². The van der Waals surface area contributed by atoms with Crippen molar-refractivity contribution in [3.05, 3.63) is 48.0 Å². The van der Waals surface area contributed by atoms with Gasteiger partial charge in [0.2, 0.25) is 47.3 Å². The minimum absolute atomic E-state index is 0.0204. The molecular weight excluding hydrogens is 933 g/mol. The maximum absolute atomic E-state index is 14.2. The van der Waals surface area contributed by atoms with Crippen molar-refractivity contribution in [2.24, 2.45) is 23.3 Å². The molecule has 1 heterocycles. The van der Waals surface area contributed by atoms with Crippen molar-refractivity contribution in [2.75, 3.05) is 0 Å². The van der Waals surface area contributed by atoms with E-state index in [1.54, 1.807) is 13.8 Å². The Morgan fingerprint density at radius 3 is 1.74 bits per heavy atom. The first-order chi connectivity index (χ1) is 32.1. The average Bonchev–Trinajstić information content (AvgIpc) is 3.77. The van der Waals surface area contributed by atoms with E-state index in [2.05, 4.69) is 51.7 Å². The second kappa shape index (κ2) is 27.1. The van der Waals surface area contributed by atoms with Gasteiger partial charge in [-0.1, -0.05) is 46.2 Å². The fourth-order valence-electron chi connectivity index (χ4n) is 6.25. The molecule has 8 amide bonds. The highest BCUT2D eigenvalue weighted by atomic mass is 31.2. The average molecular weight is 996 g/mol. The quantitative estimate of drug-likeness (QED) is 0.0360. The summed E-state index contributed by atoms with van der Waals surface area (Å²) in [6.45, 7) is 8.99. The molecule has 0 bridgehead atoms. The van der Waals surface area contributed by atoms with E-state index in [0.717, 1.165) is 12.1 Å². The van der Waals surface area contributed by atoms with Gasteiger partial charge < -0.3 is 68.4 Å². The molecule has 2 rings (SSSR count). The summed E-state index contributed by atoms with van der Waals surface area (Å²) in [6, 6.07) is -6.76. The van der Waals surface area contributed by atoms with Crippen LogP contribution in [-0.2, 0) is 65.4 Å². The van der Waals surface area contributed by atoms with Crippen LogP contribution < -0.4 is 53.2 Å². The van der Waals surface area contributed by atoms with Crippen LogP contribution in [0.1, 0.15) is 78.5 Å². The molecule has 2 aromatic rings. The number of H-pyrrole nitrogens is 1. The third-order valence-electron chi connectivity index (χ3n) is 10.4. The number of carboxylic acids is 2. The van der Waals surface area contributed by atoms with Crippen LogP contribution in [0.2, 0.25) is 0 Å². The van der Waals surface area contributed by atoms with E-state index in [1.807, 2.05) is 0 Å². The monoisotopic (exact) mass is 995 g/mol. The van der Waals surface area contributed by atoms with Gasteiger partial charge in [-0.2, -0.15) is 0 Å². The number of rotatable bonds is 29. The van der Waals surface area contributed by atoms with Crippen molar-refractivity contribution in [1.29, 1.82) is 0 Å². The molecule has 0 aliphatic rings. The van der Waals surface area contributed by atoms with E-state index in [1.165, 1.54) is 52.4 Å². The first kappa shape index (κ1) is 58.2. The number of hydrogen-bond acceptors (Lipinski definition) is 14. The van der Waals surface area contributed by atoms with Gasteiger partial charge in [-0.3, -0.25) is 57.7 Å². The molecule has 9 atom stereocenters. The zero-order valence-corrected chi connectivity index (χ0v) is 39.6. The fraction of sp³-hybridized carbons (Fsp3) is 0.537. The number of carbonyl (C=O) groups is 10. The Morgan fingerprint density at radius 1 is 0.681 bits per heavy atom. The van der Waals surface area contributed by atoms with Gasteiger partial charge in [-0.15, -0.1) is 0 Å². The number of imidazole rings is 1. The highest BCUT2D eigenvalue weighted by Crippen LogP contribution is 2.37. The highest BCUT2D eigenvalue weighted by Gasteiger charge is 2.36. The summed E-state index contributed by atoms with van der Waals surface area (Å²) in [6.07, 6.45) is 0.327. The number of carbonyl (C=O) groups excluding carboxylic acids is 8. The van der Waals surface area contributed by atoms with Gasteiger partial charge in [0.15, 0.2) is 0 Å². The normalized spacial score (nSPS) is 15.2. The third-order valence-corrected chi connectivity index (χ3v) is 10.9. The van der Waals surface area contributed by atoms with Crippen molar-refractivity contribution in [3.8, 4) is 5.75 Å². The Bertz CT molecular complexity index is 2190. The number of hydrogen-bond donors (Lipinski definition) is 14. The van der Waals surface area contributed by atoms with Crippen molar-refractivity contribution in [1.82, 2.24) is 47.2 Å². The standard InChI is InChI=1S/C41H62N11O16P/c1-7-20(4)33(52-36(59)26(42)15-24-17-44-18-45-24)41(64)50-28(14-23-8-10-25(11-9-23)68-69(65,66)67)38(61)49-29(16-31(55)56)39(62)48-27(12-13-30(53)54)37(60)51-32(19(2)3)40(63)47-22(6)35(58)46-21(5)34(43)57/h8-11,17-22,26-29,32-33H,7,12-16,42H2,1-6H3,(H2,43,57)(H,44,45)(H,46,58)(H,47,63)(H,48,62)(H,49,61)(H,50,64)(H,51,60)(H,52,59)(H,53,54)(H,55,56)(H2,65,66,67)/t20-,21-,22-,26-,27-,28-,29-,32-,33-/m0/s1. The van der Waals surface area contributed by atoms with Crippen molar-refractivity contribution < 1.29 is 77.0 Å². The molecule has 1 aromatic heterocycles. The SMILES string of the molecule is CC[C@H](C)[C@H](NC(=O)[C@@H](N)Cc1cnc[nH]1)C(=O)N[C@@H](Cc1ccc(OP(=O)(O)O)cc1)C(=O)N[C@@H](CC(=O)O)C(=O)N[C@@H](CCC(=O)O)C(=O)N[C@H](C(=O)N[C@@H](C)C(=O)N[C@@H](C)C(N)=O)C(C)C. The number of nitrogens with one attached hydrogen (secondary N) is 8. The number of carboxylic acid groups (broad SMARTS) is 2. The van der Waals surface area contributed by atoms with Gasteiger partial charge in [0.25, 0.3) is 0 Å². The van der Waals surface area contributed by atoms with Crippen molar-refractivity contribution in [2.45, 2.75) is 128 Å². The molecule has 1 aromatic carbocycles. The maximum Gasteiger partial charge on any atom is 0.524 e. The summed E-state index contributed by atoms with van der Waals surface area (Å²) in [4.78, 5) is 155. The second-order valence-corrected chi connectivity index (χ2v) is 17.7. The summed E-state index contributed by atoms with van der Waals surface area (Å²) >= 11 is 0. The number of aromatic amines is 1. The zero-order valence-electron chi connectivity index (χ0n) is 38.7. The van der Waals surface area contributed by atoms with Crippen LogP contribution in [0.3, 0.4) is 0 Å². The summed E-state index contributed by atoms with van der Waals surface area (Å²) in [7, 11) is -4.97. The van der Waals surface area contributed by atoms with Crippen LogP contribution in [0.25, 0.3) is 0 Å². The molecule has 0 aliphatic carbocycles. The lowest BCUT2D eigenvalue weighted by molar-refractivity contribution is -0.141. The molecular formula is C41H62N11O16P. The number of nitrogens with two attached hydrogens (primary N) is 2. The molecule has 16 N–H and O–H groups in total. The second-order valence-electron chi connectivity index (χ2n) is 16.5. The predicted molar refractivity (Wildman–Crippen MR) is 241 cm³/mol. The molecule has 0 saturated heterocycles. The minimum atomic E-state index is -4.97. The van der Waals surface area contributed by atoms with E-state index >= 15 is 0 Å². The molecule has 0 spiro atoms. The number of amides is 8. The fourth-order valence-corrected chi connectivity index (χ4v) is 6.65. The van der Waals surface area contributed by atoms with Crippen LogP contribution >= 0.6 is 7.82 Å². The summed E-state index contributed by atoms with van der Waals surface area (Å²) < 4.78 is 16.0. The molecule has 0 unspecified atom stereocenters. The first-order valence-corrected chi connectivity index (χ1v) is 23.1. The number of nitrogens with zero attached hydrogens (tertiary/aromatic N) is 1. The Morgan fingerprint density at radius 2 is 1.22 bits per heavy atom. The van der Waals surface area contributed by atoms with Crippen LogP contribution in [0.4, 0.5) is 0 Å². The Kier molecular flexibility index (Phi) is 22.9. The highest BCUT2D eigenvalue weighted by molar-refractivity contribution is 7.46. The number of aliphatic carboxylic acids is 2. The molecule has 0 fully saturated rings. The summed E-state index contributed by atoms with van der Waals surface area (Å²) in [5, 5.41) is 35.9. The lowest BCUT2D eigenvalue weighted by atomic mass is 9.96. The van der Waals surface area contributed by atoms with E-state index < -0.39 is 153 Å². The van der Waals surface area contributed by atoms with Gasteiger partial charge >= 0.3 is 19.8 Å². The largest absolute Gasteiger partial charge is 0.524 e. The van der Waals surface area contributed by atoms with Crippen molar-refractivity contribution >= 4 is 67.0 Å². The Balaban J connectivity index is 2.47. The predicted octanol–water partition coefficient (Wildman–Crippen LogP) is -3.05. The zero-order chi connectivity index (χ0) is 52.3. The van der Waals surface area contributed by atoms with Gasteiger partial charge in [0, 0.05) is 31.2 Å². The maximum atomic E-state index is 14.2. The van der Waals surface area contributed by atoms with E-state index in [0.29, 0.717) is 12.1 Å². The minimum Gasteiger partial charge on any atom is -0.481 e. The van der Waals surface area contributed by atoms with Crippen LogP contribution in [0.5, 0.6) is 5.75 Å². The number of aromatic nitrogens is 2. The number of phosphoric acid groups is 1. The van der Waals surface area contributed by atoms with Gasteiger partial charge in [-0.05, 0) is 49.8 Å². The lowest BCUT2D eigenvalue weighted by Crippen LogP contribution is -2.61. The molecule has 0 saturated carbocycles. The lowest BCUT2D eigenvalue weighted by Gasteiger charge is -2.29. The summed E-state index contributed by atoms with van der Waals surface area (Å²) in [5.74, 6) is -12.3. The number of primary amides is 1. The van der Waals surface area contributed by atoms with Crippen molar-refractivity contribution in [3.63, 3.8) is 0 Å². The molecule has 28 heteroatoms. The molecule has 0 radical (unpaired) electrons. The van der Waals surface area contributed by atoms with Gasteiger partial charge in [0.05, 0.1) is 18.8 Å². The number of benzene rings is 1.